The Balaban J connectivity index is 2.39. The first-order valence-corrected chi connectivity index (χ1v) is 4.01. The lowest BCUT2D eigenvalue weighted by atomic mass is 9.81. The molecule has 1 aliphatic carbocycles. The molecule has 2 unspecified atom stereocenters. The van der Waals surface area contributed by atoms with Gasteiger partial charge in [-0.2, -0.15) is 0 Å². The summed E-state index contributed by atoms with van der Waals surface area (Å²) in [6.07, 6.45) is 3.60. The second-order valence-corrected chi connectivity index (χ2v) is 3.18. The summed E-state index contributed by atoms with van der Waals surface area (Å²) in [5, 5.41) is 8.71. The zero-order valence-corrected chi connectivity index (χ0v) is 6.49. The molecule has 0 bridgehead atoms. The van der Waals surface area contributed by atoms with Crippen LogP contribution >= 0.6 is 0 Å². The molecule has 2 atom stereocenters. The minimum Gasteiger partial charge on any atom is -0.390 e. The first-order valence-electron chi connectivity index (χ1n) is 4.01. The molecule has 0 saturated heterocycles. The first-order chi connectivity index (χ1) is 5.24. The zero-order chi connectivity index (χ0) is 8.27. The van der Waals surface area contributed by atoms with Gasteiger partial charge in [-0.1, -0.05) is 6.42 Å². The van der Waals surface area contributed by atoms with Crippen molar-refractivity contribution in [1.82, 2.24) is 0 Å². The lowest BCUT2D eigenvalue weighted by Gasteiger charge is -2.24. The van der Waals surface area contributed by atoms with Gasteiger partial charge in [0, 0.05) is 5.92 Å². The van der Waals surface area contributed by atoms with Gasteiger partial charge in [0.25, 0.3) is 0 Å². The third-order valence-corrected chi connectivity index (χ3v) is 2.33. The minimum absolute atomic E-state index is 0.0165. The van der Waals surface area contributed by atoms with Gasteiger partial charge >= 0.3 is 0 Å². The van der Waals surface area contributed by atoms with E-state index in [-0.39, 0.29) is 17.7 Å². The SMILES string of the molecule is NC(=O)C1CCCC([CH]O)C1. The Morgan fingerprint density at radius 2 is 2.27 bits per heavy atom. The van der Waals surface area contributed by atoms with Crippen LogP contribution < -0.4 is 5.73 Å². The largest absolute Gasteiger partial charge is 0.390 e. The summed E-state index contributed by atoms with van der Waals surface area (Å²) < 4.78 is 0. The van der Waals surface area contributed by atoms with Crippen molar-refractivity contribution in [2.75, 3.05) is 0 Å². The van der Waals surface area contributed by atoms with Crippen molar-refractivity contribution in [1.29, 1.82) is 0 Å². The highest BCUT2D eigenvalue weighted by Gasteiger charge is 2.24. The van der Waals surface area contributed by atoms with Crippen LogP contribution in [-0.4, -0.2) is 11.0 Å². The number of nitrogens with two attached hydrogens (primary N) is 1. The molecule has 1 amide bonds. The molecule has 11 heavy (non-hydrogen) atoms. The van der Waals surface area contributed by atoms with Crippen molar-refractivity contribution in [3.05, 3.63) is 6.61 Å². The molecule has 0 aromatic rings. The molecule has 3 N–H and O–H groups in total. The number of aliphatic hydroxyl groups excluding tert-OH is 1. The molecule has 1 fully saturated rings. The number of carbonyl (C=O) groups is 1. The van der Waals surface area contributed by atoms with Crippen LogP contribution in [0.2, 0.25) is 0 Å². The monoisotopic (exact) mass is 156 g/mol. The maximum atomic E-state index is 10.7. The van der Waals surface area contributed by atoms with E-state index in [9.17, 15) is 4.79 Å². The van der Waals surface area contributed by atoms with E-state index in [4.69, 9.17) is 10.8 Å². The van der Waals surface area contributed by atoms with Gasteiger partial charge in [0.2, 0.25) is 5.91 Å². The number of rotatable bonds is 2. The van der Waals surface area contributed by atoms with Gasteiger partial charge in [-0.05, 0) is 25.2 Å². The van der Waals surface area contributed by atoms with E-state index in [1.54, 1.807) is 0 Å². The molecule has 0 aliphatic heterocycles. The predicted octanol–water partition coefficient (Wildman–Crippen LogP) is 0.812. The minimum atomic E-state index is -0.225. The summed E-state index contributed by atoms with van der Waals surface area (Å²) >= 11 is 0. The maximum absolute atomic E-state index is 10.7. The summed E-state index contributed by atoms with van der Waals surface area (Å²) in [6, 6.07) is 0. The van der Waals surface area contributed by atoms with Gasteiger partial charge in [-0.15, -0.1) is 0 Å². The van der Waals surface area contributed by atoms with Gasteiger partial charge in [-0.3, -0.25) is 4.79 Å². The standard InChI is InChI=1S/C8H14NO2/c9-8(11)7-3-1-2-6(4-7)5-10/h5-7,10H,1-4H2,(H2,9,11). The van der Waals surface area contributed by atoms with E-state index in [1.807, 2.05) is 0 Å². The average Bonchev–Trinajstić information content (AvgIpc) is 2.05. The fourth-order valence-corrected chi connectivity index (χ4v) is 1.62. The normalized spacial score (nSPS) is 31.7. The molecule has 3 heteroatoms. The molecule has 3 nitrogen and oxygen atoms in total. The number of carbonyl (C=O) groups excluding carboxylic acids is 1. The predicted molar refractivity (Wildman–Crippen MR) is 40.9 cm³/mol. The smallest absolute Gasteiger partial charge is 0.220 e. The highest BCUT2D eigenvalue weighted by atomic mass is 16.3. The Labute approximate surface area is 66.6 Å². The molecule has 1 radical (unpaired) electrons. The van der Waals surface area contributed by atoms with Crippen LogP contribution in [-0.2, 0) is 4.79 Å². The van der Waals surface area contributed by atoms with Crippen molar-refractivity contribution in [2.45, 2.75) is 25.7 Å². The third kappa shape index (κ3) is 2.19. The Kier molecular flexibility index (Phi) is 2.88. The van der Waals surface area contributed by atoms with Crippen LogP contribution in [0.3, 0.4) is 0 Å². The average molecular weight is 156 g/mol. The molecule has 1 saturated carbocycles. The highest BCUT2D eigenvalue weighted by molar-refractivity contribution is 5.76. The number of amides is 1. The van der Waals surface area contributed by atoms with Gasteiger partial charge in [0.05, 0.1) is 6.61 Å². The van der Waals surface area contributed by atoms with Gasteiger partial charge in [0.15, 0.2) is 0 Å². The van der Waals surface area contributed by atoms with Crippen molar-refractivity contribution in [2.24, 2.45) is 17.6 Å². The molecule has 0 heterocycles. The lowest BCUT2D eigenvalue weighted by Crippen LogP contribution is -2.28. The number of primary amides is 1. The van der Waals surface area contributed by atoms with Crippen LogP contribution in [0.4, 0.5) is 0 Å². The Bertz CT molecular complexity index is 147. The van der Waals surface area contributed by atoms with Crippen molar-refractivity contribution >= 4 is 5.91 Å². The van der Waals surface area contributed by atoms with E-state index in [1.165, 1.54) is 6.61 Å². The van der Waals surface area contributed by atoms with Crippen molar-refractivity contribution < 1.29 is 9.90 Å². The quantitative estimate of drug-likeness (QED) is 0.621. The van der Waals surface area contributed by atoms with Crippen LogP contribution in [0.5, 0.6) is 0 Å². The molecule has 0 spiro atoms. The first kappa shape index (κ1) is 8.53. The van der Waals surface area contributed by atoms with Gasteiger partial charge < -0.3 is 10.8 Å². The van der Waals surface area contributed by atoms with E-state index in [2.05, 4.69) is 0 Å². The summed E-state index contributed by atoms with van der Waals surface area (Å²) in [5.41, 5.74) is 5.15. The molecule has 63 valence electrons. The number of hydrogen-bond donors (Lipinski definition) is 2. The lowest BCUT2D eigenvalue weighted by molar-refractivity contribution is -0.123. The van der Waals surface area contributed by atoms with Gasteiger partial charge in [0.1, 0.15) is 0 Å². The second-order valence-electron chi connectivity index (χ2n) is 3.18. The third-order valence-electron chi connectivity index (χ3n) is 2.33. The zero-order valence-electron chi connectivity index (χ0n) is 6.49. The van der Waals surface area contributed by atoms with E-state index in [0.717, 1.165) is 25.7 Å². The summed E-state index contributed by atoms with van der Waals surface area (Å²) in [5.74, 6) is -0.0602. The molecule has 1 aliphatic rings. The van der Waals surface area contributed by atoms with E-state index < -0.39 is 0 Å². The maximum Gasteiger partial charge on any atom is 0.220 e. The molecule has 0 aromatic heterocycles. The van der Waals surface area contributed by atoms with Crippen LogP contribution in [0, 0.1) is 18.4 Å². The van der Waals surface area contributed by atoms with E-state index in [0.29, 0.717) is 0 Å². The van der Waals surface area contributed by atoms with Crippen LogP contribution in [0.15, 0.2) is 0 Å². The van der Waals surface area contributed by atoms with Crippen LogP contribution in [0.1, 0.15) is 25.7 Å². The van der Waals surface area contributed by atoms with Crippen molar-refractivity contribution in [3.63, 3.8) is 0 Å². The molecular formula is C8H14NO2. The number of aliphatic hydroxyl groups is 1. The highest BCUT2D eigenvalue weighted by Crippen LogP contribution is 2.29. The van der Waals surface area contributed by atoms with Crippen LogP contribution in [0.25, 0.3) is 0 Å². The van der Waals surface area contributed by atoms with Gasteiger partial charge in [-0.25, -0.2) is 0 Å². The molecule has 0 aromatic carbocycles. The van der Waals surface area contributed by atoms with E-state index >= 15 is 0 Å². The second kappa shape index (κ2) is 3.72. The van der Waals surface area contributed by atoms with Crippen molar-refractivity contribution in [3.8, 4) is 0 Å². The Hall–Kier alpha value is -0.570. The number of hydrogen-bond acceptors (Lipinski definition) is 2. The summed E-state index contributed by atoms with van der Waals surface area (Å²) in [7, 11) is 0. The topological polar surface area (TPSA) is 63.3 Å². The summed E-state index contributed by atoms with van der Waals surface area (Å²) in [4.78, 5) is 10.7. The molecule has 1 rings (SSSR count). The Morgan fingerprint density at radius 1 is 1.55 bits per heavy atom. The Morgan fingerprint density at radius 3 is 2.82 bits per heavy atom. The molecular weight excluding hydrogens is 142 g/mol. The fraction of sp³-hybridized carbons (Fsp3) is 0.750. The summed E-state index contributed by atoms with van der Waals surface area (Å²) in [6.45, 7) is 1.19. The fourth-order valence-electron chi connectivity index (χ4n) is 1.62.